The van der Waals surface area contributed by atoms with E-state index in [2.05, 4.69) is 31.2 Å². The fourth-order valence-electron chi connectivity index (χ4n) is 2.35. The predicted octanol–water partition coefficient (Wildman–Crippen LogP) is 4.71. The van der Waals surface area contributed by atoms with Crippen LogP contribution in [0.25, 0.3) is 6.08 Å². The van der Waals surface area contributed by atoms with Gasteiger partial charge in [0.2, 0.25) is 0 Å². The number of benzene rings is 2. The molecule has 0 saturated carbocycles. The molecule has 2 aromatic rings. The molecule has 0 radical (unpaired) electrons. The van der Waals surface area contributed by atoms with E-state index >= 15 is 0 Å². The van der Waals surface area contributed by atoms with Crippen molar-refractivity contribution < 1.29 is 14.2 Å². The summed E-state index contributed by atoms with van der Waals surface area (Å²) in [6, 6.07) is 12.0. The van der Waals surface area contributed by atoms with E-state index in [9.17, 15) is 0 Å². The van der Waals surface area contributed by atoms with Gasteiger partial charge < -0.3 is 14.2 Å². The van der Waals surface area contributed by atoms with Gasteiger partial charge in [0, 0.05) is 16.5 Å². The summed E-state index contributed by atoms with van der Waals surface area (Å²) in [5.41, 5.74) is 3.20. The molecule has 0 aliphatic heterocycles. The Labute approximate surface area is 148 Å². The molecule has 0 N–H and O–H groups in total. The van der Waals surface area contributed by atoms with E-state index in [1.54, 1.807) is 27.4 Å². The molecule has 24 heavy (non-hydrogen) atoms. The molecule has 0 aliphatic rings. The van der Waals surface area contributed by atoms with Gasteiger partial charge >= 0.3 is 0 Å². The van der Waals surface area contributed by atoms with Crippen molar-refractivity contribution in [2.24, 2.45) is 0 Å². The van der Waals surface area contributed by atoms with Crippen LogP contribution >= 0.6 is 12.2 Å². The van der Waals surface area contributed by atoms with E-state index < -0.39 is 0 Å². The summed E-state index contributed by atoms with van der Waals surface area (Å²) in [7, 11) is 4.83. The van der Waals surface area contributed by atoms with Crippen LogP contribution < -0.4 is 14.2 Å². The molecule has 2 aromatic carbocycles. The number of hydrogen-bond donors (Lipinski definition) is 0. The van der Waals surface area contributed by atoms with E-state index in [4.69, 9.17) is 26.4 Å². The maximum atomic E-state index is 5.51. The Morgan fingerprint density at radius 3 is 2.04 bits per heavy atom. The Morgan fingerprint density at radius 1 is 0.917 bits per heavy atom. The standard InChI is InChI=1S/C20H22O3S/c1-5-14-6-8-15(9-7-14)20(24)11-10-16-12-18(22-3)19(23-4)13-17(16)21-2/h6-13H,5H2,1-4H3. The second-order valence-corrected chi connectivity index (χ2v) is 5.64. The topological polar surface area (TPSA) is 27.7 Å². The largest absolute Gasteiger partial charge is 0.496 e. The minimum absolute atomic E-state index is 0.629. The van der Waals surface area contributed by atoms with Gasteiger partial charge in [0.25, 0.3) is 0 Å². The quantitative estimate of drug-likeness (QED) is 0.414. The maximum absolute atomic E-state index is 5.51. The summed E-state index contributed by atoms with van der Waals surface area (Å²) in [6.07, 6.45) is 4.85. The van der Waals surface area contributed by atoms with Gasteiger partial charge in [-0.15, -0.1) is 0 Å². The number of thiocarbonyl (C=S) groups is 1. The zero-order chi connectivity index (χ0) is 17.5. The Balaban J connectivity index is 2.27. The average Bonchev–Trinajstić information content (AvgIpc) is 2.65. The second-order valence-electron chi connectivity index (χ2n) is 5.20. The molecule has 0 atom stereocenters. The first-order chi connectivity index (χ1) is 11.6. The molecule has 0 aliphatic carbocycles. The number of aryl methyl sites for hydroxylation is 1. The van der Waals surface area contributed by atoms with Gasteiger partial charge in [-0.05, 0) is 35.8 Å². The smallest absolute Gasteiger partial charge is 0.164 e. The maximum Gasteiger partial charge on any atom is 0.164 e. The number of allylic oxidation sites excluding steroid dienone is 1. The Kier molecular flexibility index (Phi) is 6.38. The molecule has 0 bridgehead atoms. The lowest BCUT2D eigenvalue weighted by atomic mass is 10.1. The molecule has 4 heteroatoms. The molecule has 0 unspecified atom stereocenters. The summed E-state index contributed by atoms with van der Waals surface area (Å²) < 4.78 is 16.1. The van der Waals surface area contributed by atoms with E-state index in [0.717, 1.165) is 22.4 Å². The van der Waals surface area contributed by atoms with Crippen LogP contribution in [0.5, 0.6) is 17.2 Å². The summed E-state index contributed by atoms with van der Waals surface area (Å²) >= 11 is 5.51. The van der Waals surface area contributed by atoms with Crippen LogP contribution in [0.1, 0.15) is 23.6 Å². The predicted molar refractivity (Wildman–Crippen MR) is 103 cm³/mol. The Bertz CT molecular complexity index is 733. The van der Waals surface area contributed by atoms with Crippen molar-refractivity contribution in [1.29, 1.82) is 0 Å². The first-order valence-corrected chi connectivity index (χ1v) is 8.15. The van der Waals surface area contributed by atoms with E-state index in [1.165, 1.54) is 5.56 Å². The van der Waals surface area contributed by atoms with Crippen LogP contribution in [0.4, 0.5) is 0 Å². The summed E-state index contributed by atoms with van der Waals surface area (Å²) in [6.45, 7) is 2.14. The molecule has 0 heterocycles. The van der Waals surface area contributed by atoms with Crippen LogP contribution in [0.15, 0.2) is 42.5 Å². The molecule has 126 valence electrons. The highest BCUT2D eigenvalue weighted by atomic mass is 32.1. The SMILES string of the molecule is CCc1ccc(C(=S)C=Cc2cc(OC)c(OC)cc2OC)cc1. The van der Waals surface area contributed by atoms with Crippen LogP contribution in [0.3, 0.4) is 0 Å². The van der Waals surface area contributed by atoms with Gasteiger partial charge in [-0.25, -0.2) is 0 Å². The highest BCUT2D eigenvalue weighted by Crippen LogP contribution is 2.35. The zero-order valence-electron chi connectivity index (χ0n) is 14.5. The first-order valence-electron chi connectivity index (χ1n) is 7.74. The van der Waals surface area contributed by atoms with Gasteiger partial charge in [0.15, 0.2) is 11.5 Å². The lowest BCUT2D eigenvalue weighted by molar-refractivity contribution is 0.348. The molecule has 0 spiro atoms. The van der Waals surface area contributed by atoms with E-state index in [1.807, 2.05) is 18.2 Å². The molecule has 0 fully saturated rings. The second kappa shape index (κ2) is 8.50. The molecular weight excluding hydrogens is 320 g/mol. The minimum Gasteiger partial charge on any atom is -0.496 e. The zero-order valence-corrected chi connectivity index (χ0v) is 15.3. The van der Waals surface area contributed by atoms with Crippen LogP contribution in [0.2, 0.25) is 0 Å². The Morgan fingerprint density at radius 2 is 1.50 bits per heavy atom. The van der Waals surface area contributed by atoms with Crippen molar-refractivity contribution in [3.05, 3.63) is 59.2 Å². The number of rotatable bonds is 7. The molecule has 0 aromatic heterocycles. The fraction of sp³-hybridized carbons (Fsp3) is 0.250. The summed E-state index contributed by atoms with van der Waals surface area (Å²) in [5, 5.41) is 0. The monoisotopic (exact) mass is 342 g/mol. The highest BCUT2D eigenvalue weighted by Gasteiger charge is 2.10. The van der Waals surface area contributed by atoms with Crippen molar-refractivity contribution >= 4 is 23.2 Å². The molecule has 2 rings (SSSR count). The first kappa shape index (κ1) is 18.0. The third-order valence-corrected chi connectivity index (χ3v) is 4.17. The van der Waals surface area contributed by atoms with Gasteiger partial charge in [-0.1, -0.05) is 43.4 Å². The normalized spacial score (nSPS) is 10.7. The number of methoxy groups -OCH3 is 3. The fourth-order valence-corrected chi connectivity index (χ4v) is 2.55. The van der Waals surface area contributed by atoms with Crippen molar-refractivity contribution in [3.8, 4) is 17.2 Å². The van der Waals surface area contributed by atoms with E-state index in [0.29, 0.717) is 17.2 Å². The number of ether oxygens (including phenoxy) is 3. The number of hydrogen-bond acceptors (Lipinski definition) is 4. The van der Waals surface area contributed by atoms with Gasteiger partial charge in [-0.3, -0.25) is 0 Å². The van der Waals surface area contributed by atoms with Crippen molar-refractivity contribution in [2.45, 2.75) is 13.3 Å². The van der Waals surface area contributed by atoms with Gasteiger partial charge in [0.05, 0.1) is 21.3 Å². The third-order valence-electron chi connectivity index (χ3n) is 3.80. The summed E-state index contributed by atoms with van der Waals surface area (Å²) in [4.78, 5) is 0.773. The lowest BCUT2D eigenvalue weighted by Gasteiger charge is -2.12. The van der Waals surface area contributed by atoms with Crippen LogP contribution in [0, 0.1) is 0 Å². The van der Waals surface area contributed by atoms with Crippen LogP contribution in [-0.4, -0.2) is 26.2 Å². The van der Waals surface area contributed by atoms with E-state index in [-0.39, 0.29) is 0 Å². The van der Waals surface area contributed by atoms with Crippen molar-refractivity contribution in [1.82, 2.24) is 0 Å². The van der Waals surface area contributed by atoms with Crippen molar-refractivity contribution in [2.75, 3.05) is 21.3 Å². The average molecular weight is 342 g/mol. The third kappa shape index (κ3) is 4.15. The Hall–Kier alpha value is -2.33. The summed E-state index contributed by atoms with van der Waals surface area (Å²) in [5.74, 6) is 1.98. The van der Waals surface area contributed by atoms with Crippen LogP contribution in [-0.2, 0) is 6.42 Å². The molecule has 0 amide bonds. The van der Waals surface area contributed by atoms with Gasteiger partial charge in [-0.2, -0.15) is 0 Å². The molecule has 3 nitrogen and oxygen atoms in total. The van der Waals surface area contributed by atoms with Crippen molar-refractivity contribution in [3.63, 3.8) is 0 Å². The lowest BCUT2D eigenvalue weighted by Crippen LogP contribution is -1.96. The highest BCUT2D eigenvalue weighted by molar-refractivity contribution is 7.81. The van der Waals surface area contributed by atoms with Gasteiger partial charge in [0.1, 0.15) is 5.75 Å². The minimum atomic E-state index is 0.629. The molecular formula is C20H22O3S. The molecule has 0 saturated heterocycles.